The predicted molar refractivity (Wildman–Crippen MR) is 104 cm³/mol. The van der Waals surface area contributed by atoms with Gasteiger partial charge in [-0.05, 0) is 29.7 Å². The number of nitrogens with one attached hydrogen (secondary N) is 2. The maximum Gasteiger partial charge on any atom is 0.319 e. The van der Waals surface area contributed by atoms with E-state index < -0.39 is 18.0 Å². The largest absolute Gasteiger partial charge is 0.386 e. The summed E-state index contributed by atoms with van der Waals surface area (Å²) >= 11 is 0. The zero-order valence-electron chi connectivity index (χ0n) is 14.7. The second-order valence-corrected chi connectivity index (χ2v) is 6.19. The summed E-state index contributed by atoms with van der Waals surface area (Å²) in [4.78, 5) is 12.2. The fourth-order valence-corrected chi connectivity index (χ4v) is 2.82. The van der Waals surface area contributed by atoms with E-state index in [2.05, 4.69) is 10.6 Å². The molecule has 2 amide bonds. The Bertz CT molecular complexity index is 900. The molecule has 1 unspecified atom stereocenters. The Morgan fingerprint density at radius 1 is 0.926 bits per heavy atom. The zero-order valence-corrected chi connectivity index (χ0v) is 14.7. The van der Waals surface area contributed by atoms with Gasteiger partial charge < -0.3 is 15.7 Å². The van der Waals surface area contributed by atoms with Crippen molar-refractivity contribution >= 4 is 11.7 Å². The van der Waals surface area contributed by atoms with Gasteiger partial charge in [0.05, 0.1) is 6.10 Å². The average molecular weight is 364 g/mol. The van der Waals surface area contributed by atoms with Gasteiger partial charge in [-0.1, -0.05) is 66.7 Å². The molecule has 0 saturated carbocycles. The molecule has 3 aromatic rings. The Labute approximate surface area is 157 Å². The number of para-hydroxylation sites is 1. The normalized spacial score (nSPS) is 11.6. The molecular weight excluding hydrogens is 343 g/mol. The molecule has 5 heteroatoms. The van der Waals surface area contributed by atoms with Gasteiger partial charge in [0.15, 0.2) is 0 Å². The topological polar surface area (TPSA) is 61.4 Å². The third-order valence-electron chi connectivity index (χ3n) is 4.22. The number of amides is 2. The number of carbonyl (C=O) groups is 1. The highest BCUT2D eigenvalue weighted by molar-refractivity contribution is 5.90. The summed E-state index contributed by atoms with van der Waals surface area (Å²) in [6, 6.07) is 23.0. The zero-order chi connectivity index (χ0) is 19.1. The number of carbonyl (C=O) groups excluding carboxylic acids is 1. The van der Waals surface area contributed by atoms with Gasteiger partial charge in [0.1, 0.15) is 5.82 Å². The van der Waals surface area contributed by atoms with E-state index in [4.69, 9.17) is 0 Å². The molecule has 27 heavy (non-hydrogen) atoms. The van der Waals surface area contributed by atoms with E-state index in [1.165, 1.54) is 12.1 Å². The van der Waals surface area contributed by atoms with Crippen LogP contribution in [0.3, 0.4) is 0 Å². The molecular formula is C22H21FN2O2. The van der Waals surface area contributed by atoms with Gasteiger partial charge in [0, 0.05) is 17.8 Å². The molecule has 0 fully saturated rings. The Morgan fingerprint density at radius 3 is 2.37 bits per heavy atom. The summed E-state index contributed by atoms with van der Waals surface area (Å²) in [5.41, 5.74) is 2.97. The van der Waals surface area contributed by atoms with Crippen LogP contribution in [-0.4, -0.2) is 17.7 Å². The van der Waals surface area contributed by atoms with Crippen molar-refractivity contribution in [2.45, 2.75) is 12.5 Å². The lowest BCUT2D eigenvalue weighted by Crippen LogP contribution is -2.32. The number of halogens is 1. The minimum Gasteiger partial charge on any atom is -0.386 e. The molecule has 0 aromatic heterocycles. The summed E-state index contributed by atoms with van der Waals surface area (Å²) in [6.07, 6.45) is -0.425. The number of benzene rings is 3. The molecule has 0 bridgehead atoms. The first-order chi connectivity index (χ1) is 13.1. The van der Waals surface area contributed by atoms with Crippen LogP contribution >= 0.6 is 0 Å². The molecule has 3 N–H and O–H groups in total. The molecule has 0 spiro atoms. The predicted octanol–water partition coefficient (Wildman–Crippen LogP) is 4.27. The number of aliphatic hydroxyl groups excluding tert-OH is 1. The monoisotopic (exact) mass is 364 g/mol. The summed E-state index contributed by atoms with van der Waals surface area (Å²) in [6.45, 7) is -0.0897. The van der Waals surface area contributed by atoms with E-state index in [1.54, 1.807) is 12.1 Å². The number of hydrogen-bond donors (Lipinski definition) is 3. The minimum absolute atomic E-state index is 0.0897. The highest BCUT2D eigenvalue weighted by Crippen LogP contribution is 2.19. The van der Waals surface area contributed by atoms with E-state index in [-0.39, 0.29) is 12.1 Å². The van der Waals surface area contributed by atoms with Crippen molar-refractivity contribution in [1.29, 1.82) is 0 Å². The van der Waals surface area contributed by atoms with Crippen molar-refractivity contribution in [1.82, 2.24) is 5.32 Å². The lowest BCUT2D eigenvalue weighted by molar-refractivity contribution is 0.170. The minimum atomic E-state index is -1.11. The molecule has 1 atom stereocenters. The van der Waals surface area contributed by atoms with E-state index in [9.17, 15) is 14.3 Å². The SMILES string of the molecule is O=C(NCC(O)c1ccccc1F)Nc1ccccc1Cc1ccccc1. The van der Waals surface area contributed by atoms with Crippen LogP contribution in [-0.2, 0) is 6.42 Å². The number of hydrogen-bond acceptors (Lipinski definition) is 2. The maximum atomic E-state index is 13.7. The van der Waals surface area contributed by atoms with Gasteiger partial charge in [0.25, 0.3) is 0 Å². The number of rotatable bonds is 6. The average Bonchev–Trinajstić information content (AvgIpc) is 2.69. The Balaban J connectivity index is 1.60. The van der Waals surface area contributed by atoms with Crippen molar-refractivity contribution in [3.63, 3.8) is 0 Å². The van der Waals surface area contributed by atoms with Crippen molar-refractivity contribution in [2.24, 2.45) is 0 Å². The highest BCUT2D eigenvalue weighted by Gasteiger charge is 2.14. The van der Waals surface area contributed by atoms with Crippen LogP contribution in [0, 0.1) is 5.82 Å². The molecule has 3 aromatic carbocycles. The van der Waals surface area contributed by atoms with Crippen LogP contribution in [0.4, 0.5) is 14.9 Å². The Kier molecular flexibility index (Phi) is 6.18. The van der Waals surface area contributed by atoms with Crippen LogP contribution in [0.2, 0.25) is 0 Å². The van der Waals surface area contributed by atoms with Crippen LogP contribution in [0.25, 0.3) is 0 Å². The lowest BCUT2D eigenvalue weighted by atomic mass is 10.0. The lowest BCUT2D eigenvalue weighted by Gasteiger charge is -2.15. The molecule has 0 heterocycles. The van der Waals surface area contributed by atoms with Crippen molar-refractivity contribution in [2.75, 3.05) is 11.9 Å². The first-order valence-corrected chi connectivity index (χ1v) is 8.72. The molecule has 0 aliphatic carbocycles. The molecule has 3 rings (SSSR count). The summed E-state index contributed by atoms with van der Waals surface area (Å²) in [5, 5.41) is 15.5. The third kappa shape index (κ3) is 5.15. The molecule has 0 aliphatic rings. The maximum absolute atomic E-state index is 13.7. The van der Waals surface area contributed by atoms with E-state index in [0.717, 1.165) is 11.1 Å². The fourth-order valence-electron chi connectivity index (χ4n) is 2.82. The molecule has 0 saturated heterocycles. The fraction of sp³-hybridized carbons (Fsp3) is 0.136. The first-order valence-electron chi connectivity index (χ1n) is 8.72. The number of urea groups is 1. The van der Waals surface area contributed by atoms with Crippen molar-refractivity contribution < 1.29 is 14.3 Å². The van der Waals surface area contributed by atoms with Crippen LogP contribution < -0.4 is 10.6 Å². The van der Waals surface area contributed by atoms with Gasteiger partial charge in [0.2, 0.25) is 0 Å². The van der Waals surface area contributed by atoms with Crippen LogP contribution in [0.1, 0.15) is 22.8 Å². The van der Waals surface area contributed by atoms with Crippen molar-refractivity contribution in [3.8, 4) is 0 Å². The molecule has 0 radical (unpaired) electrons. The highest BCUT2D eigenvalue weighted by atomic mass is 19.1. The summed E-state index contributed by atoms with van der Waals surface area (Å²) in [5.74, 6) is -0.500. The molecule has 4 nitrogen and oxygen atoms in total. The van der Waals surface area contributed by atoms with E-state index >= 15 is 0 Å². The van der Waals surface area contributed by atoms with Crippen molar-refractivity contribution in [3.05, 3.63) is 101 Å². The van der Waals surface area contributed by atoms with Crippen LogP contribution in [0.5, 0.6) is 0 Å². The smallest absolute Gasteiger partial charge is 0.319 e. The van der Waals surface area contributed by atoms with Gasteiger partial charge >= 0.3 is 6.03 Å². The van der Waals surface area contributed by atoms with E-state index in [1.807, 2.05) is 54.6 Å². The van der Waals surface area contributed by atoms with Gasteiger partial charge in [-0.2, -0.15) is 0 Å². The van der Waals surface area contributed by atoms with Crippen LogP contribution in [0.15, 0.2) is 78.9 Å². The Hall–Kier alpha value is -3.18. The summed E-state index contributed by atoms with van der Waals surface area (Å²) < 4.78 is 13.7. The number of aliphatic hydroxyl groups is 1. The van der Waals surface area contributed by atoms with Gasteiger partial charge in [-0.3, -0.25) is 0 Å². The standard InChI is InChI=1S/C22H21FN2O2/c23-19-12-6-5-11-18(19)21(26)15-24-22(27)25-20-13-7-4-10-17(20)14-16-8-2-1-3-9-16/h1-13,21,26H,14-15H2,(H2,24,25,27). The Morgan fingerprint density at radius 2 is 1.59 bits per heavy atom. The first kappa shape index (κ1) is 18.6. The third-order valence-corrected chi connectivity index (χ3v) is 4.22. The van der Waals surface area contributed by atoms with Gasteiger partial charge in [-0.25, -0.2) is 9.18 Å². The second kappa shape index (κ2) is 8.96. The number of anilines is 1. The summed E-state index contributed by atoms with van der Waals surface area (Å²) in [7, 11) is 0. The molecule has 138 valence electrons. The molecule has 0 aliphatic heterocycles. The van der Waals surface area contributed by atoms with Gasteiger partial charge in [-0.15, -0.1) is 0 Å². The second-order valence-electron chi connectivity index (χ2n) is 6.19. The quantitative estimate of drug-likeness (QED) is 0.612. The van der Waals surface area contributed by atoms with E-state index in [0.29, 0.717) is 12.1 Å².